The third kappa shape index (κ3) is 6.62. The highest BCUT2D eigenvalue weighted by atomic mass is 28.3. The van der Waals surface area contributed by atoms with Crippen molar-refractivity contribution >= 4 is 8.07 Å². The van der Waals surface area contributed by atoms with E-state index in [2.05, 4.69) is 107 Å². The number of rotatable bonds is 3. The highest BCUT2D eigenvalue weighted by Gasteiger charge is 2.41. The maximum absolute atomic E-state index is 5.40. The van der Waals surface area contributed by atoms with Gasteiger partial charge in [0.2, 0.25) is 0 Å². The molecule has 3 aromatic rings. The average molecular weight is 483 g/mol. The van der Waals surface area contributed by atoms with E-state index in [0.717, 1.165) is 33.4 Å². The molecule has 0 spiro atoms. The number of benzene rings is 3. The molecule has 0 saturated carbocycles. The van der Waals surface area contributed by atoms with E-state index in [9.17, 15) is 0 Å². The molecule has 1 heteroatoms. The Hall–Kier alpha value is -3.88. The lowest BCUT2D eigenvalue weighted by Gasteiger charge is -2.38. The van der Waals surface area contributed by atoms with Gasteiger partial charge in [-0.1, -0.05) is 77.1 Å². The minimum atomic E-state index is -1.72. The van der Waals surface area contributed by atoms with Gasteiger partial charge in [-0.25, -0.2) is 0 Å². The molecule has 0 unspecified atom stereocenters. The zero-order valence-corrected chi connectivity index (χ0v) is 23.2. The Morgan fingerprint density at radius 2 is 0.694 bits per heavy atom. The lowest BCUT2D eigenvalue weighted by atomic mass is 10.1. The van der Waals surface area contributed by atoms with Crippen LogP contribution in [0.4, 0.5) is 0 Å². The van der Waals surface area contributed by atoms with Crippen molar-refractivity contribution in [1.82, 2.24) is 0 Å². The van der Waals surface area contributed by atoms with Crippen molar-refractivity contribution in [2.24, 2.45) is 0 Å². The fourth-order valence-corrected chi connectivity index (χ4v) is 10.1. The van der Waals surface area contributed by atoms with Gasteiger partial charge in [-0.05, 0) is 89.4 Å². The molecule has 0 heterocycles. The molecular weight excluding hydrogens is 448 g/mol. The Balaban J connectivity index is 1.70. The molecular formula is C35H34Si. The molecule has 0 radical (unpaired) electrons. The minimum absolute atomic E-state index is 0.632. The second-order valence-corrected chi connectivity index (χ2v) is 15.6. The van der Waals surface area contributed by atoms with Crippen LogP contribution in [0.15, 0.2) is 72.8 Å². The van der Waals surface area contributed by atoms with Gasteiger partial charge in [0, 0.05) is 33.4 Å². The largest absolute Gasteiger partial charge is 0.146 e. The molecule has 0 fully saturated rings. The maximum atomic E-state index is 5.40. The second kappa shape index (κ2) is 12.2. The van der Waals surface area contributed by atoms with Crippen molar-refractivity contribution in [1.29, 1.82) is 0 Å². The Morgan fingerprint density at radius 1 is 0.444 bits per heavy atom. The average Bonchev–Trinajstić information content (AvgIpc) is 2.87. The van der Waals surface area contributed by atoms with Gasteiger partial charge in [-0.15, -0.1) is 12.0 Å². The third-order valence-electron chi connectivity index (χ3n) is 6.81. The first-order valence-electron chi connectivity index (χ1n) is 12.6. The van der Waals surface area contributed by atoms with Gasteiger partial charge in [0.05, 0.1) is 0 Å². The summed E-state index contributed by atoms with van der Waals surface area (Å²) >= 11 is 0. The van der Waals surface area contributed by atoms with Crippen LogP contribution in [0.1, 0.15) is 74.9 Å². The van der Waals surface area contributed by atoms with E-state index in [1.54, 1.807) is 0 Å². The highest BCUT2D eigenvalue weighted by molar-refractivity contribution is 6.90. The second-order valence-electron chi connectivity index (χ2n) is 10.0. The van der Waals surface area contributed by atoms with Crippen molar-refractivity contribution in [2.45, 2.75) is 58.2 Å². The maximum Gasteiger partial charge on any atom is 0.146 e. The molecule has 0 aliphatic heterocycles. The van der Waals surface area contributed by atoms with Gasteiger partial charge in [0.25, 0.3) is 0 Å². The SMILES string of the molecule is C#Cc1ccc(C#Cc2ccc(C#Cc3ccc(C#C[Si](C(C)C)(C(C)C)C(C)C)cc3)cc2)cc1. The zero-order valence-electron chi connectivity index (χ0n) is 22.2. The smallest absolute Gasteiger partial charge is 0.125 e. The summed E-state index contributed by atoms with van der Waals surface area (Å²) in [6.45, 7) is 14.1. The number of terminal acetylenes is 1. The van der Waals surface area contributed by atoms with Gasteiger partial charge in [-0.3, -0.25) is 0 Å². The minimum Gasteiger partial charge on any atom is -0.125 e. The first-order valence-corrected chi connectivity index (χ1v) is 14.8. The predicted molar refractivity (Wildman–Crippen MR) is 157 cm³/mol. The van der Waals surface area contributed by atoms with Gasteiger partial charge in [-0.2, -0.15) is 0 Å². The third-order valence-corrected chi connectivity index (χ3v) is 13.1. The summed E-state index contributed by atoms with van der Waals surface area (Å²) in [7, 11) is -1.72. The van der Waals surface area contributed by atoms with Crippen LogP contribution in [-0.2, 0) is 0 Å². The summed E-state index contributed by atoms with van der Waals surface area (Å²) in [5, 5.41) is 0. The Kier molecular flexibility index (Phi) is 9.05. The summed E-state index contributed by atoms with van der Waals surface area (Å²) < 4.78 is 0. The van der Waals surface area contributed by atoms with Crippen LogP contribution >= 0.6 is 0 Å². The summed E-state index contributed by atoms with van der Waals surface area (Å²) in [5.41, 5.74) is 11.5. The van der Waals surface area contributed by atoms with E-state index in [-0.39, 0.29) is 0 Å². The molecule has 0 bridgehead atoms. The van der Waals surface area contributed by atoms with E-state index in [4.69, 9.17) is 6.42 Å². The molecule has 36 heavy (non-hydrogen) atoms. The van der Waals surface area contributed by atoms with Crippen LogP contribution in [0.3, 0.4) is 0 Å². The van der Waals surface area contributed by atoms with Crippen molar-refractivity contribution in [3.05, 3.63) is 106 Å². The van der Waals surface area contributed by atoms with Crippen LogP contribution in [0.5, 0.6) is 0 Å². The van der Waals surface area contributed by atoms with Crippen LogP contribution < -0.4 is 0 Å². The molecule has 0 aliphatic rings. The molecule has 0 atom stereocenters. The summed E-state index contributed by atoms with van der Waals surface area (Å²) in [5.74, 6) is 19.0. The summed E-state index contributed by atoms with van der Waals surface area (Å²) in [4.78, 5) is 0. The van der Waals surface area contributed by atoms with Gasteiger partial charge < -0.3 is 0 Å². The Morgan fingerprint density at radius 3 is 0.944 bits per heavy atom. The standard InChI is InChI=1S/C35H34Si/c1-8-30-9-11-31(12-10-30)13-14-32-15-17-33(18-16-32)19-20-34-21-23-35(24-22-34)25-26-36(27(2)3,28(4)5)29(6)7/h1,9-12,15-18,21-24,27-29H,2-7H3. The van der Waals surface area contributed by atoms with E-state index < -0.39 is 8.07 Å². The highest BCUT2D eigenvalue weighted by Crippen LogP contribution is 2.40. The van der Waals surface area contributed by atoms with Gasteiger partial charge in [0.1, 0.15) is 8.07 Å². The Bertz CT molecular complexity index is 1370. The monoisotopic (exact) mass is 482 g/mol. The molecule has 0 amide bonds. The molecule has 3 rings (SSSR count). The molecule has 3 aromatic carbocycles. The van der Waals surface area contributed by atoms with Crippen molar-refractivity contribution in [2.75, 3.05) is 0 Å². The fourth-order valence-electron chi connectivity index (χ4n) is 4.83. The summed E-state index contributed by atoms with van der Waals surface area (Å²) in [6, 6.07) is 24.0. The zero-order chi connectivity index (χ0) is 26.1. The molecule has 0 nitrogen and oxygen atoms in total. The summed E-state index contributed by atoms with van der Waals surface area (Å²) in [6.07, 6.45) is 5.40. The Labute approximate surface area is 219 Å². The lowest BCUT2D eigenvalue weighted by Crippen LogP contribution is -2.43. The molecule has 178 valence electrons. The van der Waals surface area contributed by atoms with E-state index in [1.165, 1.54) is 0 Å². The van der Waals surface area contributed by atoms with E-state index >= 15 is 0 Å². The first kappa shape index (κ1) is 26.7. The quantitative estimate of drug-likeness (QED) is 0.262. The molecule has 0 N–H and O–H groups in total. The van der Waals surface area contributed by atoms with Crippen molar-refractivity contribution in [3.63, 3.8) is 0 Å². The number of hydrogen-bond donors (Lipinski definition) is 0. The predicted octanol–water partition coefficient (Wildman–Crippen LogP) is 8.04. The topological polar surface area (TPSA) is 0 Å². The van der Waals surface area contributed by atoms with Crippen molar-refractivity contribution < 1.29 is 0 Å². The van der Waals surface area contributed by atoms with Crippen molar-refractivity contribution in [3.8, 4) is 47.5 Å². The molecule has 0 aromatic heterocycles. The van der Waals surface area contributed by atoms with Crippen LogP contribution in [-0.4, -0.2) is 8.07 Å². The molecule has 0 aliphatic carbocycles. The van der Waals surface area contributed by atoms with E-state index in [1.807, 2.05) is 48.5 Å². The fraction of sp³-hybridized carbons (Fsp3) is 0.257. The van der Waals surface area contributed by atoms with Crippen LogP contribution in [0.2, 0.25) is 16.6 Å². The molecule has 0 saturated heterocycles. The van der Waals surface area contributed by atoms with E-state index in [0.29, 0.717) is 16.6 Å². The van der Waals surface area contributed by atoms with Gasteiger partial charge >= 0.3 is 0 Å². The lowest BCUT2D eigenvalue weighted by molar-refractivity contribution is 0.838. The number of hydrogen-bond acceptors (Lipinski definition) is 0. The van der Waals surface area contributed by atoms with Gasteiger partial charge in [0.15, 0.2) is 0 Å². The normalized spacial score (nSPS) is 10.6. The first-order chi connectivity index (χ1) is 17.2. The van der Waals surface area contributed by atoms with Crippen LogP contribution in [0, 0.1) is 47.5 Å². The van der Waals surface area contributed by atoms with Crippen LogP contribution in [0.25, 0.3) is 0 Å².